The number of esters is 1. The van der Waals surface area contributed by atoms with Gasteiger partial charge in [0.15, 0.2) is 6.04 Å². The predicted molar refractivity (Wildman–Crippen MR) is 110 cm³/mol. The minimum atomic E-state index is -4.64. The van der Waals surface area contributed by atoms with Crippen LogP contribution in [0.25, 0.3) is 0 Å². The van der Waals surface area contributed by atoms with Crippen molar-refractivity contribution in [3.8, 4) is 0 Å². The predicted octanol–water partition coefficient (Wildman–Crippen LogP) is 3.15. The van der Waals surface area contributed by atoms with E-state index in [1.807, 2.05) is 0 Å². The van der Waals surface area contributed by atoms with Crippen molar-refractivity contribution in [1.82, 2.24) is 5.01 Å². The summed E-state index contributed by atoms with van der Waals surface area (Å²) in [6.45, 7) is 1.68. The van der Waals surface area contributed by atoms with Crippen LogP contribution < -0.4 is 4.90 Å². The average Bonchev–Trinajstić information content (AvgIpc) is 3.26. The Bertz CT molecular complexity index is 1200. The van der Waals surface area contributed by atoms with Crippen LogP contribution in [0.5, 0.6) is 0 Å². The summed E-state index contributed by atoms with van der Waals surface area (Å²) < 4.78 is 44.9. The average molecular weight is 457 g/mol. The first-order valence-electron chi connectivity index (χ1n) is 10.4. The van der Waals surface area contributed by atoms with E-state index in [9.17, 15) is 27.6 Å². The van der Waals surface area contributed by atoms with Gasteiger partial charge >= 0.3 is 12.1 Å². The molecule has 2 fully saturated rings. The molecule has 0 N–H and O–H groups in total. The number of carbonyl (C=O) groups excluding carboxylic acids is 3. The maximum absolute atomic E-state index is 13.5. The van der Waals surface area contributed by atoms with Gasteiger partial charge in [-0.25, -0.2) is 9.69 Å². The molecule has 0 radical (unpaired) electrons. The topological polar surface area (TPSA) is 79.3 Å². The third kappa shape index (κ3) is 3.12. The van der Waals surface area contributed by atoms with Crippen LogP contribution in [0.3, 0.4) is 0 Å². The molecule has 0 aromatic heterocycles. The lowest BCUT2D eigenvalue weighted by Gasteiger charge is -2.33. The van der Waals surface area contributed by atoms with E-state index < -0.39 is 53.4 Å². The van der Waals surface area contributed by atoms with Gasteiger partial charge in [-0.05, 0) is 36.2 Å². The van der Waals surface area contributed by atoms with E-state index in [1.165, 1.54) is 11.1 Å². The fourth-order valence-corrected chi connectivity index (χ4v) is 4.94. The summed E-state index contributed by atoms with van der Waals surface area (Å²) in [5.74, 6) is -4.26. The van der Waals surface area contributed by atoms with Gasteiger partial charge in [-0.3, -0.25) is 14.6 Å². The Hall–Kier alpha value is -3.69. The second-order valence-corrected chi connectivity index (χ2v) is 8.01. The number of hydrogen-bond acceptors (Lipinski definition) is 6. The molecule has 2 amide bonds. The molecule has 2 saturated heterocycles. The van der Waals surface area contributed by atoms with Gasteiger partial charge in [0.25, 0.3) is 0 Å². The summed E-state index contributed by atoms with van der Waals surface area (Å²) >= 11 is 0. The van der Waals surface area contributed by atoms with Crippen LogP contribution in [0.15, 0.2) is 53.6 Å². The lowest BCUT2D eigenvalue weighted by Crippen LogP contribution is -2.45. The Labute approximate surface area is 186 Å². The fraction of sp³-hybridized carbons (Fsp3) is 0.304. The first-order chi connectivity index (χ1) is 15.7. The molecule has 170 valence electrons. The number of anilines is 1. The van der Waals surface area contributed by atoms with Crippen LogP contribution in [0.1, 0.15) is 29.7 Å². The number of amides is 2. The Kier molecular flexibility index (Phi) is 4.77. The van der Waals surface area contributed by atoms with E-state index >= 15 is 0 Å². The van der Waals surface area contributed by atoms with Crippen LogP contribution >= 0.6 is 0 Å². The highest BCUT2D eigenvalue weighted by atomic mass is 19.4. The number of hydrogen-bond donors (Lipinski definition) is 0. The zero-order chi connectivity index (χ0) is 23.5. The van der Waals surface area contributed by atoms with E-state index in [0.717, 1.165) is 28.7 Å². The number of ether oxygens (including phenoxy) is 1. The molecule has 0 bridgehead atoms. The molecule has 3 heterocycles. The highest BCUT2D eigenvalue weighted by molar-refractivity contribution is 6.24. The molecule has 10 heteroatoms. The Morgan fingerprint density at radius 1 is 1.06 bits per heavy atom. The first kappa shape index (κ1) is 21.2. The third-order valence-corrected chi connectivity index (χ3v) is 6.25. The smallest absolute Gasteiger partial charge is 0.416 e. The number of alkyl halides is 3. The molecule has 2 aromatic carbocycles. The minimum absolute atomic E-state index is 0.0605. The standard InChI is InChI=1S/C23H18F3N3O4/c1-2-33-22(32)19-17-16(18-15-9-4-3-6-12(15)11-27-29(18)19)20(30)28(21(17)31)14-8-5-7-13(10-14)23(24,25)26/h3-11,16-19H,2H2,1H3. The largest absolute Gasteiger partial charge is 0.464 e. The van der Waals surface area contributed by atoms with Crippen molar-refractivity contribution in [3.05, 3.63) is 65.2 Å². The normalized spacial score (nSPS) is 25.7. The molecule has 7 nitrogen and oxygen atoms in total. The number of fused-ring (bicyclic) bond motifs is 5. The highest BCUT2D eigenvalue weighted by Crippen LogP contribution is 2.52. The monoisotopic (exact) mass is 457 g/mol. The van der Waals surface area contributed by atoms with Gasteiger partial charge in [-0.2, -0.15) is 18.3 Å². The van der Waals surface area contributed by atoms with Crippen molar-refractivity contribution in [2.45, 2.75) is 25.2 Å². The molecule has 3 aliphatic heterocycles. The van der Waals surface area contributed by atoms with Crippen LogP contribution in [0, 0.1) is 11.8 Å². The number of halogens is 3. The molecule has 0 saturated carbocycles. The zero-order valence-corrected chi connectivity index (χ0v) is 17.3. The van der Waals surface area contributed by atoms with Crippen LogP contribution in [-0.2, 0) is 25.3 Å². The van der Waals surface area contributed by atoms with Crippen LogP contribution in [-0.4, -0.2) is 41.7 Å². The molecule has 33 heavy (non-hydrogen) atoms. The number of imide groups is 1. The molecule has 5 rings (SSSR count). The second-order valence-electron chi connectivity index (χ2n) is 8.01. The van der Waals surface area contributed by atoms with Crippen molar-refractivity contribution in [2.24, 2.45) is 16.9 Å². The summed E-state index contributed by atoms with van der Waals surface area (Å²) in [5.41, 5.74) is 0.283. The van der Waals surface area contributed by atoms with Gasteiger partial charge in [-0.15, -0.1) is 0 Å². The van der Waals surface area contributed by atoms with Crippen molar-refractivity contribution >= 4 is 29.7 Å². The lowest BCUT2D eigenvalue weighted by atomic mass is 9.85. The molecular weight excluding hydrogens is 439 g/mol. The number of hydrazone groups is 1. The highest BCUT2D eigenvalue weighted by Gasteiger charge is 2.66. The number of carbonyl (C=O) groups is 3. The maximum atomic E-state index is 13.5. The lowest BCUT2D eigenvalue weighted by molar-refractivity contribution is -0.152. The molecule has 0 spiro atoms. The molecular formula is C23H18F3N3O4. The quantitative estimate of drug-likeness (QED) is 0.523. The van der Waals surface area contributed by atoms with E-state index in [-0.39, 0.29) is 12.3 Å². The van der Waals surface area contributed by atoms with Gasteiger partial charge in [0.05, 0.1) is 41.9 Å². The molecule has 0 aliphatic carbocycles. The number of benzene rings is 2. The Balaban J connectivity index is 1.62. The number of rotatable bonds is 3. The first-order valence-corrected chi connectivity index (χ1v) is 10.4. The van der Waals surface area contributed by atoms with Gasteiger partial charge in [0.1, 0.15) is 0 Å². The van der Waals surface area contributed by atoms with Crippen molar-refractivity contribution in [3.63, 3.8) is 0 Å². The molecule has 4 unspecified atom stereocenters. The van der Waals surface area contributed by atoms with Crippen molar-refractivity contribution in [2.75, 3.05) is 11.5 Å². The molecule has 2 aromatic rings. The summed E-state index contributed by atoms with van der Waals surface area (Å²) in [6.07, 6.45) is -3.09. The summed E-state index contributed by atoms with van der Waals surface area (Å²) in [4.78, 5) is 40.6. The zero-order valence-electron chi connectivity index (χ0n) is 17.3. The maximum Gasteiger partial charge on any atom is 0.416 e. The van der Waals surface area contributed by atoms with Gasteiger partial charge in [0.2, 0.25) is 11.8 Å². The van der Waals surface area contributed by atoms with Gasteiger partial charge in [-0.1, -0.05) is 30.3 Å². The van der Waals surface area contributed by atoms with Crippen LogP contribution in [0.4, 0.5) is 18.9 Å². The van der Waals surface area contributed by atoms with E-state index in [1.54, 1.807) is 37.4 Å². The van der Waals surface area contributed by atoms with E-state index in [4.69, 9.17) is 4.74 Å². The summed E-state index contributed by atoms with van der Waals surface area (Å²) in [5, 5.41) is 5.77. The Morgan fingerprint density at radius 2 is 1.79 bits per heavy atom. The van der Waals surface area contributed by atoms with Crippen molar-refractivity contribution < 1.29 is 32.3 Å². The Morgan fingerprint density at radius 3 is 2.52 bits per heavy atom. The molecule has 3 aliphatic rings. The van der Waals surface area contributed by atoms with E-state index in [0.29, 0.717) is 5.56 Å². The fourth-order valence-electron chi connectivity index (χ4n) is 4.94. The number of nitrogens with zero attached hydrogens (tertiary/aromatic N) is 3. The van der Waals surface area contributed by atoms with Gasteiger partial charge in [0, 0.05) is 0 Å². The third-order valence-electron chi connectivity index (χ3n) is 6.25. The van der Waals surface area contributed by atoms with Gasteiger partial charge < -0.3 is 4.74 Å². The van der Waals surface area contributed by atoms with Crippen LogP contribution in [0.2, 0.25) is 0 Å². The minimum Gasteiger partial charge on any atom is -0.464 e. The van der Waals surface area contributed by atoms with Crippen molar-refractivity contribution in [1.29, 1.82) is 0 Å². The molecule has 4 atom stereocenters. The second kappa shape index (κ2) is 7.43. The van der Waals surface area contributed by atoms with E-state index in [2.05, 4.69) is 5.10 Å². The summed E-state index contributed by atoms with van der Waals surface area (Å²) in [6, 6.07) is 9.31. The SMILES string of the molecule is CCOC(=O)C1C2C(=O)N(c3cccc(C(F)(F)F)c3)C(=O)C2C2c3ccccc3C=NN12. The summed E-state index contributed by atoms with van der Waals surface area (Å²) in [7, 11) is 0.